The quantitative estimate of drug-likeness (QED) is 0.769. The van der Waals surface area contributed by atoms with Crippen LogP contribution in [0.2, 0.25) is 0 Å². The largest absolute Gasteiger partial charge is 0.465 e. The van der Waals surface area contributed by atoms with Gasteiger partial charge >= 0.3 is 5.97 Å². The molecule has 1 aromatic carbocycles. The predicted octanol–water partition coefficient (Wildman–Crippen LogP) is 2.47. The Bertz CT molecular complexity index is 474. The van der Waals surface area contributed by atoms with Crippen molar-refractivity contribution in [3.8, 4) is 0 Å². The molecule has 0 aromatic heterocycles. The van der Waals surface area contributed by atoms with Gasteiger partial charge in [-0.25, -0.2) is 0 Å². The summed E-state index contributed by atoms with van der Waals surface area (Å²) in [4.78, 5) is 23.5. The Hall–Kier alpha value is -1.64. The van der Waals surface area contributed by atoms with Gasteiger partial charge < -0.3 is 4.74 Å². The summed E-state index contributed by atoms with van der Waals surface area (Å²) in [7, 11) is 0. The first-order valence-electron chi connectivity index (χ1n) is 6.25. The lowest BCUT2D eigenvalue weighted by atomic mass is 9.63. The van der Waals surface area contributed by atoms with Crippen LogP contribution in [0.4, 0.5) is 0 Å². The van der Waals surface area contributed by atoms with Crippen molar-refractivity contribution in [2.45, 2.75) is 39.0 Å². The zero-order valence-corrected chi connectivity index (χ0v) is 11.1. The molecule has 0 spiro atoms. The molecule has 1 saturated carbocycles. The van der Waals surface area contributed by atoms with Crippen LogP contribution in [0.1, 0.15) is 36.5 Å². The molecule has 0 unspecified atom stereocenters. The number of carbonyl (C=O) groups is 2. The third-order valence-corrected chi connectivity index (χ3v) is 3.44. The van der Waals surface area contributed by atoms with Crippen LogP contribution < -0.4 is 0 Å². The lowest BCUT2D eigenvalue weighted by Crippen LogP contribution is -2.49. The van der Waals surface area contributed by atoms with Crippen LogP contribution in [0, 0.1) is 13.8 Å². The molecule has 0 atom stereocenters. The standard InChI is InChI=1S/C15H18O3/c1-4-18-14(17)15(8-13(16)9-15)12-6-10(2)5-11(3)7-12/h5-7H,4,8-9H2,1-3H3. The highest BCUT2D eigenvalue weighted by Gasteiger charge is 2.52. The molecule has 1 fully saturated rings. The average molecular weight is 246 g/mol. The van der Waals surface area contributed by atoms with Crippen molar-refractivity contribution in [1.82, 2.24) is 0 Å². The maximum absolute atomic E-state index is 12.1. The number of aryl methyl sites for hydroxylation is 2. The minimum absolute atomic E-state index is 0.127. The summed E-state index contributed by atoms with van der Waals surface area (Å²) in [5.41, 5.74) is 2.39. The second-order valence-corrected chi connectivity index (χ2v) is 5.07. The van der Waals surface area contributed by atoms with Crippen molar-refractivity contribution >= 4 is 11.8 Å². The van der Waals surface area contributed by atoms with Gasteiger partial charge in [0.05, 0.1) is 6.61 Å². The predicted molar refractivity (Wildman–Crippen MR) is 68.5 cm³/mol. The highest BCUT2D eigenvalue weighted by Crippen LogP contribution is 2.43. The monoisotopic (exact) mass is 246 g/mol. The van der Waals surface area contributed by atoms with Crippen molar-refractivity contribution < 1.29 is 14.3 Å². The van der Waals surface area contributed by atoms with Gasteiger partial charge in [0, 0.05) is 12.8 Å². The molecule has 96 valence electrons. The van der Waals surface area contributed by atoms with Gasteiger partial charge in [0.25, 0.3) is 0 Å². The van der Waals surface area contributed by atoms with Crippen molar-refractivity contribution in [2.24, 2.45) is 0 Å². The Labute approximate surface area is 107 Å². The molecule has 1 aliphatic carbocycles. The van der Waals surface area contributed by atoms with Gasteiger partial charge in [0.1, 0.15) is 11.2 Å². The second-order valence-electron chi connectivity index (χ2n) is 5.07. The van der Waals surface area contributed by atoms with E-state index in [0.29, 0.717) is 6.61 Å². The van der Waals surface area contributed by atoms with Gasteiger partial charge in [0.15, 0.2) is 0 Å². The summed E-state index contributed by atoms with van der Waals surface area (Å²) < 4.78 is 5.14. The highest BCUT2D eigenvalue weighted by molar-refractivity contribution is 6.02. The first-order valence-corrected chi connectivity index (χ1v) is 6.25. The lowest BCUT2D eigenvalue weighted by Gasteiger charge is -2.38. The molecule has 18 heavy (non-hydrogen) atoms. The van der Waals surface area contributed by atoms with Gasteiger partial charge in [-0.15, -0.1) is 0 Å². The smallest absolute Gasteiger partial charge is 0.317 e. The topological polar surface area (TPSA) is 43.4 Å². The molecule has 0 saturated heterocycles. The van der Waals surface area contributed by atoms with E-state index in [9.17, 15) is 9.59 Å². The van der Waals surface area contributed by atoms with E-state index < -0.39 is 5.41 Å². The minimum atomic E-state index is -0.732. The molecule has 1 aliphatic rings. The Balaban J connectivity index is 2.41. The van der Waals surface area contributed by atoms with E-state index in [4.69, 9.17) is 4.74 Å². The fraction of sp³-hybridized carbons (Fsp3) is 0.467. The molecular formula is C15H18O3. The molecule has 0 amide bonds. The normalized spacial score (nSPS) is 17.2. The molecule has 0 aliphatic heterocycles. The molecule has 0 N–H and O–H groups in total. The summed E-state index contributed by atoms with van der Waals surface area (Å²) >= 11 is 0. The summed E-state index contributed by atoms with van der Waals surface area (Å²) in [6.07, 6.45) is 0.545. The molecule has 3 heteroatoms. The van der Waals surface area contributed by atoms with Crippen LogP contribution in [-0.4, -0.2) is 18.4 Å². The summed E-state index contributed by atoms with van der Waals surface area (Å²) in [6, 6.07) is 6.02. The van der Waals surface area contributed by atoms with Crippen LogP contribution in [0.15, 0.2) is 18.2 Å². The van der Waals surface area contributed by atoms with Crippen LogP contribution in [0.3, 0.4) is 0 Å². The SMILES string of the molecule is CCOC(=O)C1(c2cc(C)cc(C)c2)CC(=O)C1. The van der Waals surface area contributed by atoms with Crippen molar-refractivity contribution in [3.63, 3.8) is 0 Å². The van der Waals surface area contributed by atoms with Crippen LogP contribution in [0.5, 0.6) is 0 Å². The number of ether oxygens (including phenoxy) is 1. The van der Waals surface area contributed by atoms with Crippen molar-refractivity contribution in [1.29, 1.82) is 0 Å². The van der Waals surface area contributed by atoms with Gasteiger partial charge in [-0.05, 0) is 26.3 Å². The highest BCUT2D eigenvalue weighted by atomic mass is 16.5. The van der Waals surface area contributed by atoms with Crippen LogP contribution >= 0.6 is 0 Å². The number of benzene rings is 1. The summed E-state index contributed by atoms with van der Waals surface area (Å²) in [5, 5.41) is 0. The Morgan fingerprint density at radius 2 is 1.78 bits per heavy atom. The van der Waals surface area contributed by atoms with Crippen molar-refractivity contribution in [3.05, 3.63) is 34.9 Å². The third-order valence-electron chi connectivity index (χ3n) is 3.44. The number of carbonyl (C=O) groups excluding carboxylic acids is 2. The van der Waals surface area contributed by atoms with E-state index in [0.717, 1.165) is 16.7 Å². The molecule has 1 aromatic rings. The maximum Gasteiger partial charge on any atom is 0.317 e. The number of esters is 1. The number of hydrogen-bond acceptors (Lipinski definition) is 3. The van der Waals surface area contributed by atoms with E-state index >= 15 is 0 Å². The summed E-state index contributed by atoms with van der Waals surface area (Å²) in [5.74, 6) is -0.142. The molecule has 0 bridgehead atoms. The van der Waals surface area contributed by atoms with Gasteiger partial charge in [-0.3, -0.25) is 9.59 Å². The third kappa shape index (κ3) is 2.05. The van der Waals surface area contributed by atoms with E-state index in [1.54, 1.807) is 6.92 Å². The molecule has 2 rings (SSSR count). The molecular weight excluding hydrogens is 228 g/mol. The Kier molecular flexibility index (Phi) is 3.24. The number of hydrogen-bond donors (Lipinski definition) is 0. The molecule has 3 nitrogen and oxygen atoms in total. The number of rotatable bonds is 3. The second kappa shape index (κ2) is 4.56. The fourth-order valence-corrected chi connectivity index (χ4v) is 2.61. The first kappa shape index (κ1) is 12.8. The minimum Gasteiger partial charge on any atom is -0.465 e. The van der Waals surface area contributed by atoms with E-state index in [-0.39, 0.29) is 24.6 Å². The maximum atomic E-state index is 12.1. The van der Waals surface area contributed by atoms with E-state index in [1.165, 1.54) is 0 Å². The van der Waals surface area contributed by atoms with Crippen LogP contribution in [-0.2, 0) is 19.7 Å². The van der Waals surface area contributed by atoms with E-state index in [1.807, 2.05) is 26.0 Å². The molecule has 0 heterocycles. The zero-order chi connectivity index (χ0) is 13.3. The Morgan fingerprint density at radius 1 is 1.22 bits per heavy atom. The van der Waals surface area contributed by atoms with E-state index in [2.05, 4.69) is 6.07 Å². The first-order chi connectivity index (χ1) is 8.48. The van der Waals surface area contributed by atoms with Gasteiger partial charge in [-0.1, -0.05) is 29.3 Å². The van der Waals surface area contributed by atoms with Crippen LogP contribution in [0.25, 0.3) is 0 Å². The average Bonchev–Trinajstić information content (AvgIpc) is 2.23. The number of Topliss-reactive ketones (excluding diaryl/α,β-unsaturated/α-hetero) is 1. The van der Waals surface area contributed by atoms with Crippen molar-refractivity contribution in [2.75, 3.05) is 6.61 Å². The van der Waals surface area contributed by atoms with Gasteiger partial charge in [0.2, 0.25) is 0 Å². The fourth-order valence-electron chi connectivity index (χ4n) is 2.61. The Morgan fingerprint density at radius 3 is 2.22 bits per heavy atom. The number of ketones is 1. The summed E-state index contributed by atoms with van der Waals surface area (Å²) in [6.45, 7) is 6.12. The lowest BCUT2D eigenvalue weighted by molar-refractivity contribution is -0.158. The molecule has 0 radical (unpaired) electrons. The van der Waals surface area contributed by atoms with Gasteiger partial charge in [-0.2, -0.15) is 0 Å². The zero-order valence-electron chi connectivity index (χ0n) is 11.1.